The van der Waals surface area contributed by atoms with Crippen LogP contribution in [0.4, 0.5) is 5.95 Å². The fourth-order valence-corrected chi connectivity index (χ4v) is 3.88. The van der Waals surface area contributed by atoms with Crippen LogP contribution in [0.15, 0.2) is 58.2 Å². The second-order valence-electron chi connectivity index (χ2n) is 6.57. The molecular formula is C20H17BrClN5O3. The summed E-state index contributed by atoms with van der Waals surface area (Å²) in [6.07, 6.45) is 0. The molecule has 1 N–H and O–H groups in total. The third kappa shape index (κ3) is 3.78. The van der Waals surface area contributed by atoms with E-state index < -0.39 is 12.0 Å². The quantitative estimate of drug-likeness (QED) is 0.538. The lowest BCUT2D eigenvalue weighted by atomic mass is 9.95. The number of tetrazole rings is 1. The van der Waals surface area contributed by atoms with Crippen LogP contribution in [0.1, 0.15) is 24.1 Å². The van der Waals surface area contributed by atoms with Gasteiger partial charge in [0, 0.05) is 26.3 Å². The van der Waals surface area contributed by atoms with E-state index in [2.05, 4.69) is 36.8 Å². The summed E-state index contributed by atoms with van der Waals surface area (Å²) in [7, 11) is 1.34. The van der Waals surface area contributed by atoms with Crippen molar-refractivity contribution in [1.82, 2.24) is 20.2 Å². The molecule has 0 fully saturated rings. The van der Waals surface area contributed by atoms with E-state index in [0.717, 1.165) is 10.0 Å². The molecule has 2 heterocycles. The predicted octanol–water partition coefficient (Wildman–Crippen LogP) is 4.13. The number of halogens is 2. The first-order valence-corrected chi connectivity index (χ1v) is 10.2. The molecule has 4 rings (SSSR count). The van der Waals surface area contributed by atoms with E-state index in [-0.39, 0.29) is 6.61 Å². The van der Waals surface area contributed by atoms with Crippen molar-refractivity contribution < 1.29 is 14.3 Å². The van der Waals surface area contributed by atoms with Gasteiger partial charge in [-0.15, -0.1) is 0 Å². The Kier molecular flexibility index (Phi) is 5.74. The minimum Gasteiger partial charge on any atom is -0.488 e. The number of benzene rings is 2. The molecule has 0 bridgehead atoms. The Hall–Kier alpha value is -2.91. The molecule has 0 spiro atoms. The predicted molar refractivity (Wildman–Crippen MR) is 114 cm³/mol. The number of allylic oxidation sites excluding steroid dienone is 1. The topological polar surface area (TPSA) is 91.2 Å². The molecule has 1 atom stereocenters. The van der Waals surface area contributed by atoms with Crippen molar-refractivity contribution in [2.24, 2.45) is 0 Å². The minimum absolute atomic E-state index is 0.262. The van der Waals surface area contributed by atoms with Crippen LogP contribution in [0.25, 0.3) is 0 Å². The Balaban J connectivity index is 1.80. The van der Waals surface area contributed by atoms with Crippen LogP contribution >= 0.6 is 27.5 Å². The molecule has 1 aliphatic heterocycles. The lowest BCUT2D eigenvalue weighted by molar-refractivity contribution is -0.136. The summed E-state index contributed by atoms with van der Waals surface area (Å²) in [6.45, 7) is 2.04. The van der Waals surface area contributed by atoms with Crippen molar-refractivity contribution in [2.45, 2.75) is 19.6 Å². The number of nitrogens with one attached hydrogen (secondary N) is 1. The minimum atomic E-state index is -0.637. The third-order valence-corrected chi connectivity index (χ3v) is 5.59. The van der Waals surface area contributed by atoms with Crippen LogP contribution in [0.2, 0.25) is 5.02 Å². The number of hydrogen-bond donors (Lipinski definition) is 1. The number of aromatic nitrogens is 4. The fourth-order valence-electron chi connectivity index (χ4n) is 3.31. The largest absolute Gasteiger partial charge is 0.488 e. The monoisotopic (exact) mass is 489 g/mol. The molecular weight excluding hydrogens is 474 g/mol. The van der Waals surface area contributed by atoms with Gasteiger partial charge in [0.1, 0.15) is 18.4 Å². The summed E-state index contributed by atoms with van der Waals surface area (Å²) in [6, 6.07) is 12.4. The zero-order valence-corrected chi connectivity index (χ0v) is 18.4. The van der Waals surface area contributed by atoms with Gasteiger partial charge in [0.25, 0.3) is 0 Å². The summed E-state index contributed by atoms with van der Waals surface area (Å²) in [5.41, 5.74) is 2.54. The van der Waals surface area contributed by atoms with Crippen molar-refractivity contribution in [3.8, 4) is 5.75 Å². The van der Waals surface area contributed by atoms with Gasteiger partial charge in [0.2, 0.25) is 5.95 Å². The summed E-state index contributed by atoms with van der Waals surface area (Å²) >= 11 is 9.77. The maximum absolute atomic E-state index is 12.6. The van der Waals surface area contributed by atoms with Crippen molar-refractivity contribution in [3.05, 3.63) is 74.4 Å². The highest BCUT2D eigenvalue weighted by Gasteiger charge is 2.36. The van der Waals surface area contributed by atoms with E-state index >= 15 is 0 Å². The third-order valence-electron chi connectivity index (χ3n) is 4.73. The van der Waals surface area contributed by atoms with Gasteiger partial charge in [0.05, 0.1) is 12.7 Å². The van der Waals surface area contributed by atoms with Crippen molar-refractivity contribution in [2.75, 3.05) is 12.4 Å². The maximum Gasteiger partial charge on any atom is 0.338 e. The molecule has 1 aliphatic rings. The number of carbonyl (C=O) groups excluding carboxylic acids is 1. The Morgan fingerprint density at radius 3 is 2.87 bits per heavy atom. The highest BCUT2D eigenvalue weighted by Crippen LogP contribution is 2.40. The van der Waals surface area contributed by atoms with Gasteiger partial charge >= 0.3 is 5.97 Å². The van der Waals surface area contributed by atoms with Gasteiger partial charge in [-0.1, -0.05) is 50.8 Å². The number of esters is 1. The lowest BCUT2D eigenvalue weighted by Crippen LogP contribution is -2.29. The highest BCUT2D eigenvalue weighted by molar-refractivity contribution is 9.10. The molecule has 154 valence electrons. The summed E-state index contributed by atoms with van der Waals surface area (Å²) in [5.74, 6) is 0.506. The first-order valence-electron chi connectivity index (χ1n) is 8.99. The van der Waals surface area contributed by atoms with Gasteiger partial charge < -0.3 is 14.8 Å². The number of hydrogen-bond acceptors (Lipinski definition) is 7. The number of carbonyl (C=O) groups is 1. The van der Waals surface area contributed by atoms with Gasteiger partial charge in [-0.05, 0) is 41.6 Å². The number of ether oxygens (including phenoxy) is 2. The molecule has 0 radical (unpaired) electrons. The molecule has 30 heavy (non-hydrogen) atoms. The van der Waals surface area contributed by atoms with Gasteiger partial charge in [-0.25, -0.2) is 4.79 Å². The second kappa shape index (κ2) is 8.45. The Morgan fingerprint density at radius 2 is 2.10 bits per heavy atom. The first kappa shape index (κ1) is 20.4. The molecule has 8 nitrogen and oxygen atoms in total. The molecule has 1 unspecified atom stereocenters. The smallest absolute Gasteiger partial charge is 0.338 e. The van der Waals surface area contributed by atoms with E-state index in [1.54, 1.807) is 6.92 Å². The van der Waals surface area contributed by atoms with Crippen LogP contribution in [-0.2, 0) is 16.1 Å². The van der Waals surface area contributed by atoms with Crippen LogP contribution in [0, 0.1) is 0 Å². The maximum atomic E-state index is 12.6. The van der Waals surface area contributed by atoms with E-state index in [0.29, 0.717) is 33.6 Å². The molecule has 2 aromatic carbocycles. The van der Waals surface area contributed by atoms with Crippen LogP contribution in [0.3, 0.4) is 0 Å². The zero-order chi connectivity index (χ0) is 21.3. The van der Waals surface area contributed by atoms with Crippen molar-refractivity contribution >= 4 is 39.4 Å². The number of rotatable bonds is 5. The number of fused-ring (bicyclic) bond motifs is 1. The molecule has 0 aliphatic carbocycles. The number of nitrogens with zero attached hydrogens (tertiary/aromatic N) is 4. The van der Waals surface area contributed by atoms with E-state index in [4.69, 9.17) is 21.1 Å². The van der Waals surface area contributed by atoms with E-state index in [9.17, 15) is 4.79 Å². The van der Waals surface area contributed by atoms with E-state index in [1.165, 1.54) is 11.8 Å². The summed E-state index contributed by atoms with van der Waals surface area (Å²) < 4.78 is 13.5. The average molecular weight is 491 g/mol. The summed E-state index contributed by atoms with van der Waals surface area (Å²) in [4.78, 5) is 12.6. The van der Waals surface area contributed by atoms with Gasteiger partial charge in [-0.3, -0.25) is 0 Å². The zero-order valence-electron chi connectivity index (χ0n) is 16.1. The molecule has 1 aromatic heterocycles. The normalized spacial score (nSPS) is 15.4. The molecule has 3 aromatic rings. The Morgan fingerprint density at radius 1 is 1.30 bits per heavy atom. The number of anilines is 1. The summed E-state index contributed by atoms with van der Waals surface area (Å²) in [5, 5.41) is 15.5. The molecule has 0 saturated carbocycles. The van der Waals surface area contributed by atoms with Crippen LogP contribution in [-0.4, -0.2) is 33.3 Å². The highest BCUT2D eigenvalue weighted by atomic mass is 79.9. The molecule has 0 amide bonds. The van der Waals surface area contributed by atoms with Crippen LogP contribution < -0.4 is 10.1 Å². The van der Waals surface area contributed by atoms with Crippen LogP contribution in [0.5, 0.6) is 5.75 Å². The van der Waals surface area contributed by atoms with Crippen molar-refractivity contribution in [3.63, 3.8) is 0 Å². The van der Waals surface area contributed by atoms with Crippen molar-refractivity contribution in [1.29, 1.82) is 0 Å². The average Bonchev–Trinajstić information content (AvgIpc) is 3.20. The SMILES string of the molecule is COC(=O)C1=C(C)Nc2nnnn2C1c1cc(Br)ccc1OCc1ccccc1Cl. The van der Waals surface area contributed by atoms with E-state index in [1.807, 2.05) is 42.5 Å². The second-order valence-corrected chi connectivity index (χ2v) is 7.89. The van der Waals surface area contributed by atoms with Gasteiger partial charge in [-0.2, -0.15) is 4.68 Å². The lowest BCUT2D eigenvalue weighted by Gasteiger charge is -2.28. The number of methoxy groups -OCH3 is 1. The Labute approximate surface area is 185 Å². The Bertz CT molecular complexity index is 1150. The fraction of sp³-hybridized carbons (Fsp3) is 0.200. The van der Waals surface area contributed by atoms with Gasteiger partial charge in [0.15, 0.2) is 0 Å². The first-order chi connectivity index (χ1) is 14.5. The standard InChI is InChI=1S/C20H17BrClN5O3/c1-11-17(19(28)29-2)18(27-20(23-11)24-25-26-27)14-9-13(21)7-8-16(14)30-10-12-5-3-4-6-15(12)22/h3-9,18H,10H2,1-2H3,(H,23,24,26). The molecule has 0 saturated heterocycles. The molecule has 10 heteroatoms.